The molecule has 0 aliphatic carbocycles. The van der Waals surface area contributed by atoms with E-state index in [1.54, 1.807) is 48.6 Å². The Morgan fingerprint density at radius 1 is 0.844 bits per heavy atom. The van der Waals surface area contributed by atoms with Crippen molar-refractivity contribution >= 4 is 41.0 Å². The molecule has 8 heteroatoms. The fourth-order valence-electron chi connectivity index (χ4n) is 2.89. The number of hydrogen-bond donors (Lipinski definition) is 0. The molecular formula is C24H18N2O6. The molecule has 2 aromatic carbocycles. The smallest absolute Gasteiger partial charge is 0.308 e. The number of rotatable bonds is 5. The highest BCUT2D eigenvalue weighted by atomic mass is 16.6. The summed E-state index contributed by atoms with van der Waals surface area (Å²) in [6, 6.07) is 13.6. The highest BCUT2D eigenvalue weighted by Crippen LogP contribution is 2.31. The van der Waals surface area contributed by atoms with Crippen molar-refractivity contribution in [1.29, 1.82) is 5.26 Å². The summed E-state index contributed by atoms with van der Waals surface area (Å²) in [6.45, 7) is 3.75. The minimum atomic E-state index is -0.554. The number of aromatic nitrogens is 1. The van der Waals surface area contributed by atoms with Crippen LogP contribution in [0.5, 0.6) is 17.2 Å². The minimum Gasteiger partial charge on any atom is -0.423 e. The Bertz CT molecular complexity index is 1300. The van der Waals surface area contributed by atoms with Crippen LogP contribution in [0.4, 0.5) is 0 Å². The first kappa shape index (κ1) is 22.2. The van der Waals surface area contributed by atoms with Crippen molar-refractivity contribution in [1.82, 2.24) is 4.98 Å². The van der Waals surface area contributed by atoms with E-state index in [0.717, 1.165) is 0 Å². The lowest BCUT2D eigenvalue weighted by atomic mass is 10.1. The van der Waals surface area contributed by atoms with Gasteiger partial charge in [-0.05, 0) is 35.9 Å². The summed E-state index contributed by atoms with van der Waals surface area (Å²) in [4.78, 5) is 38.6. The van der Waals surface area contributed by atoms with Gasteiger partial charge in [-0.3, -0.25) is 14.4 Å². The van der Waals surface area contributed by atoms with Crippen LogP contribution < -0.4 is 14.2 Å². The Hall–Kier alpha value is -4.51. The first-order valence-corrected chi connectivity index (χ1v) is 9.48. The molecule has 0 fully saturated rings. The zero-order valence-electron chi connectivity index (χ0n) is 17.5. The Labute approximate surface area is 183 Å². The van der Waals surface area contributed by atoms with Crippen molar-refractivity contribution in [2.45, 2.75) is 20.8 Å². The van der Waals surface area contributed by atoms with E-state index in [0.29, 0.717) is 22.2 Å². The molecule has 160 valence electrons. The molecule has 0 N–H and O–H groups in total. The van der Waals surface area contributed by atoms with Gasteiger partial charge >= 0.3 is 17.9 Å². The summed E-state index contributed by atoms with van der Waals surface area (Å²) in [6.07, 6.45) is 3.42. The summed E-state index contributed by atoms with van der Waals surface area (Å²) in [7, 11) is 0. The van der Waals surface area contributed by atoms with E-state index in [1.165, 1.54) is 26.8 Å². The molecule has 1 heterocycles. The summed E-state index contributed by atoms with van der Waals surface area (Å²) in [5, 5.41) is 10.0. The van der Waals surface area contributed by atoms with Crippen LogP contribution >= 0.6 is 0 Å². The summed E-state index contributed by atoms with van der Waals surface area (Å²) < 4.78 is 15.4. The van der Waals surface area contributed by atoms with Gasteiger partial charge in [0.05, 0.1) is 11.3 Å². The maximum absolute atomic E-state index is 11.5. The van der Waals surface area contributed by atoms with Crippen molar-refractivity contribution in [3.63, 3.8) is 0 Å². The number of nitriles is 1. The molecule has 0 aliphatic rings. The van der Waals surface area contributed by atoms with Gasteiger partial charge in [0.15, 0.2) is 17.2 Å². The van der Waals surface area contributed by atoms with Crippen molar-refractivity contribution < 1.29 is 28.6 Å². The van der Waals surface area contributed by atoms with Gasteiger partial charge in [0.2, 0.25) is 0 Å². The normalized spacial score (nSPS) is 10.6. The molecule has 3 aromatic rings. The van der Waals surface area contributed by atoms with Gasteiger partial charge in [0, 0.05) is 26.2 Å². The fourth-order valence-corrected chi connectivity index (χ4v) is 2.89. The summed E-state index contributed by atoms with van der Waals surface area (Å²) in [5.74, 6) is -1.30. The molecule has 0 spiro atoms. The zero-order chi connectivity index (χ0) is 23.3. The molecule has 0 aliphatic heterocycles. The molecule has 3 rings (SSSR count). The maximum atomic E-state index is 11.5. The molecule has 0 atom stereocenters. The van der Waals surface area contributed by atoms with Crippen LogP contribution in [-0.4, -0.2) is 22.9 Å². The third-order valence-electron chi connectivity index (χ3n) is 4.13. The molecule has 0 unspecified atom stereocenters. The van der Waals surface area contributed by atoms with E-state index >= 15 is 0 Å². The predicted molar refractivity (Wildman–Crippen MR) is 116 cm³/mol. The van der Waals surface area contributed by atoms with Crippen molar-refractivity contribution in [2.24, 2.45) is 0 Å². The van der Waals surface area contributed by atoms with Gasteiger partial charge in [-0.15, -0.1) is 0 Å². The van der Waals surface area contributed by atoms with E-state index in [-0.39, 0.29) is 22.8 Å². The van der Waals surface area contributed by atoms with Crippen LogP contribution in [0, 0.1) is 11.3 Å². The maximum Gasteiger partial charge on any atom is 0.308 e. The van der Waals surface area contributed by atoms with E-state index in [4.69, 9.17) is 14.2 Å². The standard InChI is InChI=1S/C24H18N2O6/c1-14(27)30-21-11-5-17(12-22(21)31-15(2)28)4-9-20-10-8-18-6-7-19(13-25)24(23(18)26-20)32-16(3)29/h4-12H,1-3H3. The number of carbonyl (C=O) groups is 3. The van der Waals surface area contributed by atoms with Crippen LogP contribution in [0.15, 0.2) is 42.5 Å². The van der Waals surface area contributed by atoms with Gasteiger partial charge in [-0.2, -0.15) is 5.26 Å². The second-order valence-electron chi connectivity index (χ2n) is 6.68. The molecular weight excluding hydrogens is 412 g/mol. The fraction of sp³-hybridized carbons (Fsp3) is 0.125. The van der Waals surface area contributed by atoms with Crippen LogP contribution in [0.1, 0.15) is 37.6 Å². The quantitative estimate of drug-likeness (QED) is 0.440. The molecule has 0 saturated carbocycles. The van der Waals surface area contributed by atoms with Gasteiger partial charge in [0.1, 0.15) is 11.6 Å². The third-order valence-corrected chi connectivity index (χ3v) is 4.13. The number of hydrogen-bond acceptors (Lipinski definition) is 8. The van der Waals surface area contributed by atoms with Crippen LogP contribution in [-0.2, 0) is 14.4 Å². The van der Waals surface area contributed by atoms with Crippen molar-refractivity contribution in [3.05, 3.63) is 59.3 Å². The molecule has 0 radical (unpaired) electrons. The molecule has 0 amide bonds. The number of nitrogens with zero attached hydrogens (tertiary/aromatic N) is 2. The predicted octanol–water partition coefficient (Wildman–Crippen LogP) is 4.05. The van der Waals surface area contributed by atoms with E-state index in [1.807, 2.05) is 6.07 Å². The number of fused-ring (bicyclic) bond motifs is 1. The number of ether oxygens (including phenoxy) is 3. The minimum absolute atomic E-state index is 0.107. The average molecular weight is 430 g/mol. The molecule has 8 nitrogen and oxygen atoms in total. The lowest BCUT2D eigenvalue weighted by Crippen LogP contribution is -2.07. The van der Waals surface area contributed by atoms with Crippen molar-refractivity contribution in [3.8, 4) is 23.3 Å². The zero-order valence-corrected chi connectivity index (χ0v) is 17.5. The van der Waals surface area contributed by atoms with E-state index < -0.39 is 17.9 Å². The van der Waals surface area contributed by atoms with Crippen molar-refractivity contribution in [2.75, 3.05) is 0 Å². The van der Waals surface area contributed by atoms with E-state index in [2.05, 4.69) is 4.98 Å². The monoisotopic (exact) mass is 430 g/mol. The number of esters is 3. The Balaban J connectivity index is 1.99. The number of benzene rings is 2. The second-order valence-corrected chi connectivity index (χ2v) is 6.68. The molecule has 32 heavy (non-hydrogen) atoms. The number of pyridine rings is 1. The SMILES string of the molecule is CC(=O)Oc1ccc(C=Cc2ccc3ccc(C#N)c(OC(C)=O)c3n2)cc1OC(C)=O. The second kappa shape index (κ2) is 9.53. The highest BCUT2D eigenvalue weighted by Gasteiger charge is 2.13. The van der Waals surface area contributed by atoms with E-state index in [9.17, 15) is 19.6 Å². The van der Waals surface area contributed by atoms with Gasteiger partial charge < -0.3 is 14.2 Å². The molecule has 0 bridgehead atoms. The first-order chi connectivity index (χ1) is 15.3. The third kappa shape index (κ3) is 5.34. The van der Waals surface area contributed by atoms with Gasteiger partial charge in [-0.25, -0.2) is 4.98 Å². The highest BCUT2D eigenvalue weighted by molar-refractivity contribution is 5.90. The van der Waals surface area contributed by atoms with Gasteiger partial charge in [-0.1, -0.05) is 24.3 Å². The largest absolute Gasteiger partial charge is 0.423 e. The Morgan fingerprint density at radius 2 is 1.50 bits per heavy atom. The van der Waals surface area contributed by atoms with Gasteiger partial charge in [0.25, 0.3) is 0 Å². The first-order valence-electron chi connectivity index (χ1n) is 9.48. The topological polar surface area (TPSA) is 116 Å². The Morgan fingerprint density at radius 3 is 2.16 bits per heavy atom. The Kier molecular flexibility index (Phi) is 6.61. The van der Waals surface area contributed by atoms with Crippen LogP contribution in [0.3, 0.4) is 0 Å². The molecule has 0 saturated heterocycles. The summed E-state index contributed by atoms with van der Waals surface area (Å²) in [5.41, 5.74) is 1.78. The molecule has 1 aromatic heterocycles. The van der Waals surface area contributed by atoms with Crippen LogP contribution in [0.2, 0.25) is 0 Å². The number of carbonyl (C=O) groups excluding carboxylic acids is 3. The lowest BCUT2D eigenvalue weighted by Gasteiger charge is -2.09. The average Bonchev–Trinajstić information content (AvgIpc) is 2.73. The lowest BCUT2D eigenvalue weighted by molar-refractivity contribution is -0.134. The van der Waals surface area contributed by atoms with Crippen LogP contribution in [0.25, 0.3) is 23.1 Å². The summed E-state index contributed by atoms with van der Waals surface area (Å²) >= 11 is 0.